The van der Waals surface area contributed by atoms with Crippen molar-refractivity contribution in [2.75, 3.05) is 33.5 Å². The molecule has 1 amide bonds. The summed E-state index contributed by atoms with van der Waals surface area (Å²) in [5.74, 6) is 3.79. The number of carbonyl (C=O) groups excluding carboxylic acids is 1. The van der Waals surface area contributed by atoms with Gasteiger partial charge < -0.3 is 28.7 Å². The van der Waals surface area contributed by atoms with Gasteiger partial charge in [-0.05, 0) is 28.6 Å². The molecule has 2 aromatic carbocycles. The quantitative estimate of drug-likeness (QED) is 0.0418. The van der Waals surface area contributed by atoms with Crippen molar-refractivity contribution in [3.05, 3.63) is 78.8 Å². The fourth-order valence-corrected chi connectivity index (χ4v) is 12.5. The largest absolute Gasteiger partial charge is 0.471 e. The number of aliphatic imine (C=N–C) groups is 1. The van der Waals surface area contributed by atoms with Gasteiger partial charge in [0.05, 0.1) is 36.5 Å². The number of amides is 1. The molecule has 16 heteroatoms. The van der Waals surface area contributed by atoms with Crippen LogP contribution in [0, 0.1) is 11.8 Å². The van der Waals surface area contributed by atoms with E-state index in [4.69, 9.17) is 13.9 Å². The average molecular weight is 799 g/mol. The predicted octanol–water partition coefficient (Wildman–Crippen LogP) is 6.29. The highest BCUT2D eigenvalue weighted by atomic mass is 33.1. The van der Waals surface area contributed by atoms with Crippen LogP contribution in [0.5, 0.6) is 0 Å². The third-order valence-corrected chi connectivity index (χ3v) is 15.8. The summed E-state index contributed by atoms with van der Waals surface area (Å²) in [6.07, 6.45) is 0.747. The third-order valence-electron chi connectivity index (χ3n) is 8.79. The summed E-state index contributed by atoms with van der Waals surface area (Å²) in [5.41, 5.74) is 0.743. The smallest absolute Gasteiger partial charge is 0.405 e. The van der Waals surface area contributed by atoms with Crippen LogP contribution in [0.2, 0.25) is 5.04 Å². The topological polar surface area (TPSA) is 103 Å². The Morgan fingerprint density at radius 3 is 2.35 bits per heavy atom. The highest BCUT2D eigenvalue weighted by Crippen LogP contribution is 2.41. The van der Waals surface area contributed by atoms with Gasteiger partial charge in [-0.15, -0.1) is 0 Å². The average Bonchev–Trinajstić information content (AvgIpc) is 3.70. The SMILES string of the molecule is CSS[C@H](C)OC1C[C@H](n2cc(C#CCNC(=O)C(F)(F)F)c3c(N=CN(C)C)ncnc32)O[C@@H]1CO[Si](c1ccccc1)(c1ccccc1)C(C)(C)C. The summed E-state index contributed by atoms with van der Waals surface area (Å²) < 4.78 is 61.0. The molecule has 5 rings (SSSR count). The molecule has 4 atom stereocenters. The van der Waals surface area contributed by atoms with E-state index in [1.54, 1.807) is 44.3 Å². The van der Waals surface area contributed by atoms with Gasteiger partial charge in [-0.3, -0.25) is 4.79 Å². The molecule has 54 heavy (non-hydrogen) atoms. The van der Waals surface area contributed by atoms with Crippen LogP contribution in [-0.2, 0) is 18.7 Å². The molecule has 10 nitrogen and oxygen atoms in total. The first-order valence-corrected chi connectivity index (χ1v) is 21.8. The van der Waals surface area contributed by atoms with E-state index in [2.05, 4.69) is 71.8 Å². The zero-order valence-corrected chi connectivity index (χ0v) is 33.9. The van der Waals surface area contributed by atoms with Crippen molar-refractivity contribution in [2.24, 2.45) is 4.99 Å². The first-order valence-electron chi connectivity index (χ1n) is 17.3. The van der Waals surface area contributed by atoms with Crippen LogP contribution < -0.4 is 15.7 Å². The van der Waals surface area contributed by atoms with Crippen molar-refractivity contribution >= 4 is 69.4 Å². The Hall–Kier alpha value is -3.85. The number of nitrogens with zero attached hydrogens (tertiary/aromatic N) is 5. The lowest BCUT2D eigenvalue weighted by Gasteiger charge is -2.43. The highest BCUT2D eigenvalue weighted by Gasteiger charge is 2.51. The van der Waals surface area contributed by atoms with Crippen LogP contribution in [-0.4, -0.2) is 97.3 Å². The monoisotopic (exact) mass is 798 g/mol. The zero-order chi connectivity index (χ0) is 39.1. The molecule has 0 radical (unpaired) electrons. The van der Waals surface area contributed by atoms with Gasteiger partial charge in [0, 0.05) is 26.7 Å². The molecule has 0 bridgehead atoms. The van der Waals surface area contributed by atoms with Crippen molar-refractivity contribution in [1.29, 1.82) is 0 Å². The van der Waals surface area contributed by atoms with Gasteiger partial charge in [-0.1, -0.05) is 115 Å². The van der Waals surface area contributed by atoms with Gasteiger partial charge in [0.15, 0.2) is 5.82 Å². The summed E-state index contributed by atoms with van der Waals surface area (Å²) >= 11 is 0. The van der Waals surface area contributed by atoms with Crippen molar-refractivity contribution in [2.45, 2.75) is 69.2 Å². The first-order chi connectivity index (χ1) is 25.7. The number of nitrogens with one attached hydrogen (secondary N) is 1. The van der Waals surface area contributed by atoms with Crippen LogP contribution >= 0.6 is 21.6 Å². The Morgan fingerprint density at radius 1 is 1.13 bits per heavy atom. The van der Waals surface area contributed by atoms with E-state index < -0.39 is 39.3 Å². The Labute approximate surface area is 323 Å². The zero-order valence-electron chi connectivity index (χ0n) is 31.3. The second kappa shape index (κ2) is 17.7. The Morgan fingerprint density at radius 2 is 1.78 bits per heavy atom. The number of hydrogen-bond acceptors (Lipinski definition) is 9. The molecular formula is C38H45F3N6O4S2Si. The molecular weight excluding hydrogens is 754 g/mol. The lowest BCUT2D eigenvalue weighted by Crippen LogP contribution is -2.67. The fourth-order valence-electron chi connectivity index (χ4n) is 6.55. The lowest BCUT2D eigenvalue weighted by molar-refractivity contribution is -0.173. The molecule has 2 aromatic heterocycles. The summed E-state index contributed by atoms with van der Waals surface area (Å²) in [5, 5.41) is 4.32. The number of ether oxygens (including phenoxy) is 2. The van der Waals surface area contributed by atoms with Gasteiger partial charge in [0.1, 0.15) is 29.7 Å². The van der Waals surface area contributed by atoms with E-state index in [1.807, 2.05) is 68.2 Å². The van der Waals surface area contributed by atoms with E-state index in [1.165, 1.54) is 6.33 Å². The Kier molecular flexibility index (Phi) is 13.6. The fraction of sp³-hybridized carbons (Fsp3) is 0.421. The summed E-state index contributed by atoms with van der Waals surface area (Å²) in [6.45, 7) is 8.42. The second-order valence-electron chi connectivity index (χ2n) is 13.9. The molecule has 1 aliphatic heterocycles. The van der Waals surface area contributed by atoms with Crippen molar-refractivity contribution in [3.63, 3.8) is 0 Å². The minimum absolute atomic E-state index is 0.147. The van der Waals surface area contributed by atoms with E-state index in [9.17, 15) is 18.0 Å². The Balaban J connectivity index is 1.54. The van der Waals surface area contributed by atoms with Crippen LogP contribution in [0.3, 0.4) is 0 Å². The minimum atomic E-state index is -5.01. The third kappa shape index (κ3) is 9.50. The molecule has 288 valence electrons. The molecule has 1 saturated heterocycles. The molecule has 0 spiro atoms. The molecule has 1 aliphatic rings. The first kappa shape index (κ1) is 41.3. The molecule has 0 aliphatic carbocycles. The lowest BCUT2D eigenvalue weighted by atomic mass is 10.2. The molecule has 4 aromatic rings. The van der Waals surface area contributed by atoms with Crippen molar-refractivity contribution < 1.29 is 31.9 Å². The van der Waals surface area contributed by atoms with Crippen LogP contribution in [0.4, 0.5) is 19.0 Å². The molecule has 3 heterocycles. The second-order valence-corrected chi connectivity index (χ2v) is 21.0. The number of alkyl halides is 3. The number of rotatable bonds is 13. The van der Waals surface area contributed by atoms with Gasteiger partial charge in [-0.25, -0.2) is 15.0 Å². The molecule has 1 fully saturated rings. The van der Waals surface area contributed by atoms with Crippen molar-refractivity contribution in [1.82, 2.24) is 24.8 Å². The predicted molar refractivity (Wildman–Crippen MR) is 213 cm³/mol. The van der Waals surface area contributed by atoms with Gasteiger partial charge in [0.25, 0.3) is 8.32 Å². The van der Waals surface area contributed by atoms with Gasteiger partial charge >= 0.3 is 12.1 Å². The number of aromatic nitrogens is 3. The highest BCUT2D eigenvalue weighted by molar-refractivity contribution is 8.76. The maximum absolute atomic E-state index is 12.8. The number of carbonyl (C=O) groups is 1. The van der Waals surface area contributed by atoms with E-state index in [0.717, 1.165) is 10.4 Å². The number of fused-ring (bicyclic) bond motifs is 1. The molecule has 1 unspecified atom stereocenters. The van der Waals surface area contributed by atoms with Crippen LogP contribution in [0.25, 0.3) is 11.0 Å². The number of hydrogen-bond donors (Lipinski definition) is 1. The maximum Gasteiger partial charge on any atom is 0.471 e. The summed E-state index contributed by atoms with van der Waals surface area (Å²) in [6, 6.07) is 20.8. The Bertz CT molecular complexity index is 1930. The van der Waals surface area contributed by atoms with E-state index in [0.29, 0.717) is 28.8 Å². The van der Waals surface area contributed by atoms with Crippen LogP contribution in [0.1, 0.15) is 45.9 Å². The van der Waals surface area contributed by atoms with Crippen LogP contribution in [0.15, 0.2) is 78.2 Å². The summed E-state index contributed by atoms with van der Waals surface area (Å²) in [4.78, 5) is 26.6. The van der Waals surface area contributed by atoms with E-state index >= 15 is 0 Å². The van der Waals surface area contributed by atoms with Gasteiger partial charge in [0.2, 0.25) is 0 Å². The molecule has 1 N–H and O–H groups in total. The molecule has 0 saturated carbocycles. The normalized spacial score (nSPS) is 18.4. The summed E-state index contributed by atoms with van der Waals surface area (Å²) in [7, 11) is 3.94. The van der Waals surface area contributed by atoms with E-state index in [-0.39, 0.29) is 23.2 Å². The van der Waals surface area contributed by atoms with Gasteiger partial charge in [-0.2, -0.15) is 13.2 Å². The van der Waals surface area contributed by atoms with Crippen molar-refractivity contribution in [3.8, 4) is 11.8 Å². The standard InChI is InChI=1S/C38H45F3N6O4S2Si/c1-26(53-52-7)50-30-21-32(51-31(30)23-49-54(37(2,3)4,28-16-10-8-11-17-28)29-18-12-9-13-19-29)47-22-27(15-14-20-42-36(48)38(39,40)41)33-34(45-25-46(5)6)43-24-44-35(33)47/h8-13,16-19,22,24-26,30-32H,20-21,23H2,1-7H3,(H,42,48)/t26-,30?,31-,32-/m1/s1. The number of benzene rings is 2. The minimum Gasteiger partial charge on any atom is -0.405 e. The number of halogens is 3. The maximum atomic E-state index is 12.8.